The maximum atomic E-state index is 12.8. The van der Waals surface area contributed by atoms with Crippen molar-refractivity contribution in [3.63, 3.8) is 0 Å². The Balaban J connectivity index is 0.00000342. The molecule has 3 aromatic rings. The number of urea groups is 1. The summed E-state index contributed by atoms with van der Waals surface area (Å²) in [5.41, 5.74) is 4.08. The zero-order chi connectivity index (χ0) is 24.3. The van der Waals surface area contributed by atoms with E-state index < -0.39 is 16.1 Å². The molecule has 0 saturated heterocycles. The maximum absolute atomic E-state index is 12.8. The number of carbonyl (C=O) groups excluding carboxylic acids is 1. The molecule has 4 rings (SSSR count). The van der Waals surface area contributed by atoms with E-state index in [-0.39, 0.29) is 23.3 Å². The molecule has 1 atom stereocenters. The van der Waals surface area contributed by atoms with Crippen LogP contribution in [-0.4, -0.2) is 21.0 Å². The molecular formula is C24H25Cl3N4O3S. The summed E-state index contributed by atoms with van der Waals surface area (Å²) in [6, 6.07) is 16.0. The van der Waals surface area contributed by atoms with Gasteiger partial charge in [0, 0.05) is 23.4 Å². The molecule has 11 heteroatoms. The van der Waals surface area contributed by atoms with Crippen LogP contribution in [0, 0.1) is 0 Å². The lowest BCUT2D eigenvalue weighted by Gasteiger charge is -2.17. The number of benzene rings is 3. The lowest BCUT2D eigenvalue weighted by Crippen LogP contribution is -3.00. The summed E-state index contributed by atoms with van der Waals surface area (Å²) in [5.74, 6) is 0. The monoisotopic (exact) mass is 554 g/mol. The van der Waals surface area contributed by atoms with Gasteiger partial charge in [-0.2, -0.15) is 0 Å². The number of anilines is 2. The molecule has 3 aromatic carbocycles. The summed E-state index contributed by atoms with van der Waals surface area (Å²) >= 11 is 12.3. The van der Waals surface area contributed by atoms with E-state index in [2.05, 4.69) is 20.7 Å². The second-order valence-corrected chi connectivity index (χ2v) is 10.6. The van der Waals surface area contributed by atoms with Gasteiger partial charge in [0.2, 0.25) is 0 Å². The van der Waals surface area contributed by atoms with E-state index in [1.165, 1.54) is 35.4 Å². The van der Waals surface area contributed by atoms with Gasteiger partial charge in [-0.25, -0.2) is 13.2 Å². The van der Waals surface area contributed by atoms with E-state index in [9.17, 15) is 13.2 Å². The molecule has 0 fully saturated rings. The largest absolute Gasteiger partial charge is 1.00 e. The maximum Gasteiger partial charge on any atom is 0.319 e. The van der Waals surface area contributed by atoms with E-state index >= 15 is 0 Å². The summed E-state index contributed by atoms with van der Waals surface area (Å²) in [6.07, 6.45) is 0.912. The number of carbonyl (C=O) groups is 1. The number of halogens is 3. The molecule has 0 bridgehead atoms. The number of fused-ring (bicyclic) bond motifs is 1. The third-order valence-corrected chi connectivity index (χ3v) is 7.89. The van der Waals surface area contributed by atoms with Gasteiger partial charge in [0.1, 0.15) is 6.54 Å². The molecule has 186 valence electrons. The summed E-state index contributed by atoms with van der Waals surface area (Å²) in [7, 11) is -3.76. The van der Waals surface area contributed by atoms with Gasteiger partial charge >= 0.3 is 6.03 Å². The SMILES string of the molecule is C[C@H](NC(=O)Nc1ccc(S(=O)(=O)Nc2ccc3c(c2)CC[NH2+]C3)cc1)c1cccc(Cl)c1Cl.[Cl-]. The predicted molar refractivity (Wildman–Crippen MR) is 135 cm³/mol. The third kappa shape index (κ3) is 6.59. The topological polar surface area (TPSA) is 104 Å². The zero-order valence-corrected chi connectivity index (χ0v) is 21.9. The summed E-state index contributed by atoms with van der Waals surface area (Å²) in [4.78, 5) is 12.5. The van der Waals surface area contributed by atoms with Gasteiger partial charge in [0.15, 0.2) is 0 Å². The highest BCUT2D eigenvalue weighted by Crippen LogP contribution is 2.30. The van der Waals surface area contributed by atoms with Crippen molar-refractivity contribution in [2.24, 2.45) is 0 Å². The number of nitrogens with one attached hydrogen (secondary N) is 3. The number of amides is 2. The Morgan fingerprint density at radius 2 is 1.71 bits per heavy atom. The van der Waals surface area contributed by atoms with Crippen molar-refractivity contribution >= 4 is 50.6 Å². The van der Waals surface area contributed by atoms with Crippen LogP contribution < -0.4 is 33.1 Å². The van der Waals surface area contributed by atoms with Crippen molar-refractivity contribution in [3.8, 4) is 0 Å². The van der Waals surface area contributed by atoms with E-state index in [1.807, 2.05) is 12.1 Å². The van der Waals surface area contributed by atoms with Gasteiger partial charge in [0.05, 0.1) is 27.5 Å². The fraction of sp³-hybridized carbons (Fsp3) is 0.208. The minimum absolute atomic E-state index is 0. The zero-order valence-electron chi connectivity index (χ0n) is 18.8. The molecule has 2 amide bonds. The first-order chi connectivity index (χ1) is 16.2. The van der Waals surface area contributed by atoms with Crippen molar-refractivity contribution < 1.29 is 30.9 Å². The van der Waals surface area contributed by atoms with Gasteiger partial charge in [-0.05, 0) is 60.5 Å². The Bertz CT molecular complexity index is 1320. The Morgan fingerprint density at radius 1 is 1.00 bits per heavy atom. The van der Waals surface area contributed by atoms with Gasteiger partial charge < -0.3 is 28.4 Å². The van der Waals surface area contributed by atoms with Crippen molar-refractivity contribution in [1.82, 2.24) is 5.32 Å². The van der Waals surface area contributed by atoms with Crippen LogP contribution >= 0.6 is 23.2 Å². The molecule has 1 aliphatic rings. The molecular weight excluding hydrogens is 531 g/mol. The van der Waals surface area contributed by atoms with E-state index in [0.29, 0.717) is 27.0 Å². The van der Waals surface area contributed by atoms with E-state index in [0.717, 1.165) is 19.5 Å². The highest BCUT2D eigenvalue weighted by molar-refractivity contribution is 7.92. The Kier molecular flexibility index (Phi) is 8.90. The number of quaternary nitrogens is 1. The number of rotatable bonds is 6. The minimum Gasteiger partial charge on any atom is -1.00 e. The van der Waals surface area contributed by atoms with Crippen molar-refractivity contribution in [2.45, 2.75) is 30.8 Å². The number of hydrogen-bond donors (Lipinski definition) is 4. The van der Waals surface area contributed by atoms with E-state index in [1.54, 1.807) is 31.2 Å². The fourth-order valence-electron chi connectivity index (χ4n) is 3.86. The van der Waals surface area contributed by atoms with Crippen LogP contribution in [0.1, 0.15) is 29.7 Å². The summed E-state index contributed by atoms with van der Waals surface area (Å²) < 4.78 is 28.3. The van der Waals surface area contributed by atoms with Crippen molar-refractivity contribution in [3.05, 3.63) is 87.4 Å². The quantitative estimate of drug-likeness (QED) is 0.369. The smallest absolute Gasteiger partial charge is 0.319 e. The van der Waals surface area contributed by atoms with E-state index in [4.69, 9.17) is 23.2 Å². The molecule has 5 N–H and O–H groups in total. The van der Waals surface area contributed by atoms with Crippen molar-refractivity contribution in [2.75, 3.05) is 16.6 Å². The Morgan fingerprint density at radius 3 is 2.46 bits per heavy atom. The first-order valence-electron chi connectivity index (χ1n) is 10.8. The average molecular weight is 556 g/mol. The minimum atomic E-state index is -3.76. The van der Waals surface area contributed by atoms with Gasteiger partial charge in [0.25, 0.3) is 10.0 Å². The second-order valence-electron chi connectivity index (χ2n) is 8.11. The third-order valence-electron chi connectivity index (χ3n) is 5.66. The Labute approximate surface area is 221 Å². The lowest BCUT2D eigenvalue weighted by atomic mass is 10.0. The van der Waals surface area contributed by atoms with Crippen LogP contribution in [0.3, 0.4) is 0 Å². The van der Waals surface area contributed by atoms with Gasteiger partial charge in [-0.15, -0.1) is 0 Å². The Hall–Kier alpha value is -2.49. The molecule has 7 nitrogen and oxygen atoms in total. The number of nitrogens with two attached hydrogens (primary N) is 1. The highest BCUT2D eigenvalue weighted by atomic mass is 35.5. The van der Waals surface area contributed by atoms with Crippen LogP contribution in [-0.2, 0) is 23.0 Å². The van der Waals surface area contributed by atoms with Gasteiger partial charge in [-0.3, -0.25) is 4.72 Å². The van der Waals surface area contributed by atoms with Crippen molar-refractivity contribution in [1.29, 1.82) is 0 Å². The first-order valence-corrected chi connectivity index (χ1v) is 13.0. The number of sulfonamides is 1. The molecule has 0 aromatic heterocycles. The normalized spacial score (nSPS) is 13.7. The second kappa shape index (κ2) is 11.5. The average Bonchev–Trinajstić information content (AvgIpc) is 2.80. The molecule has 0 aliphatic carbocycles. The molecule has 35 heavy (non-hydrogen) atoms. The van der Waals surface area contributed by atoms with Crippen LogP contribution in [0.2, 0.25) is 10.0 Å². The fourth-order valence-corrected chi connectivity index (χ4v) is 5.39. The van der Waals surface area contributed by atoms with Crippen LogP contribution in [0.15, 0.2) is 65.6 Å². The molecule has 0 saturated carbocycles. The standard InChI is InChI=1S/C24H24Cl2N4O3S.ClH/c1-15(21-3-2-4-22(25)23(21)26)28-24(31)29-18-7-9-20(10-8-18)34(32,33)30-19-6-5-17-14-27-12-11-16(17)13-19;/h2-10,13,15,27,30H,11-12,14H2,1H3,(H2,28,29,31);1H/t15-;/m0./s1. The highest BCUT2D eigenvalue weighted by Gasteiger charge is 2.18. The first kappa shape index (κ1) is 27.1. The van der Waals surface area contributed by atoms with Crippen LogP contribution in [0.25, 0.3) is 0 Å². The van der Waals surface area contributed by atoms with Crippen LogP contribution in [0.4, 0.5) is 16.2 Å². The number of hydrogen-bond acceptors (Lipinski definition) is 3. The molecule has 0 unspecified atom stereocenters. The summed E-state index contributed by atoms with van der Waals surface area (Å²) in [6.45, 7) is 3.70. The van der Waals surface area contributed by atoms with Crippen LogP contribution in [0.5, 0.6) is 0 Å². The molecule has 0 spiro atoms. The molecule has 1 aliphatic heterocycles. The predicted octanol–water partition coefficient (Wildman–Crippen LogP) is 1.30. The summed E-state index contributed by atoms with van der Waals surface area (Å²) in [5, 5.41) is 8.51. The molecule has 0 radical (unpaired) electrons. The van der Waals surface area contributed by atoms with Gasteiger partial charge in [-0.1, -0.05) is 41.4 Å². The molecule has 1 heterocycles. The lowest BCUT2D eigenvalue weighted by molar-refractivity contribution is -0.673.